The lowest BCUT2D eigenvalue weighted by atomic mass is 9.95. The van der Waals surface area contributed by atoms with Crippen molar-refractivity contribution in [2.45, 2.75) is 58.2 Å². The molecule has 172 valence electrons. The van der Waals surface area contributed by atoms with E-state index in [2.05, 4.69) is 51.7 Å². The highest BCUT2D eigenvalue weighted by molar-refractivity contribution is 6.30. The standard InChI is InChI=1S/C29H28ClN3O/c1-18-3-11-25-24(15-18)28-26-12-10-23(33(26)29(34)21-6-8-22(30)9-7-21)16-27(28)32(25)14-13-20-5-4-19(2)31-17-20/h3-9,11,15,17,23,26H,10,12-14,16H2,1-2H3. The van der Waals surface area contributed by atoms with Crippen LogP contribution in [0.4, 0.5) is 0 Å². The molecule has 1 saturated heterocycles. The van der Waals surface area contributed by atoms with E-state index in [-0.39, 0.29) is 18.0 Å². The van der Waals surface area contributed by atoms with Gasteiger partial charge in [0.1, 0.15) is 0 Å². The number of rotatable bonds is 4. The van der Waals surface area contributed by atoms with Gasteiger partial charge < -0.3 is 9.47 Å². The highest BCUT2D eigenvalue weighted by Crippen LogP contribution is 2.48. The van der Waals surface area contributed by atoms with Gasteiger partial charge in [-0.25, -0.2) is 0 Å². The molecule has 34 heavy (non-hydrogen) atoms. The van der Waals surface area contributed by atoms with E-state index in [1.165, 1.54) is 33.3 Å². The molecule has 0 aliphatic carbocycles. The van der Waals surface area contributed by atoms with Gasteiger partial charge in [0, 0.05) is 63.6 Å². The first-order valence-corrected chi connectivity index (χ1v) is 12.5. The van der Waals surface area contributed by atoms with E-state index in [4.69, 9.17) is 11.6 Å². The van der Waals surface area contributed by atoms with Crippen molar-refractivity contribution in [1.82, 2.24) is 14.5 Å². The molecular weight excluding hydrogens is 442 g/mol. The Bertz CT molecular complexity index is 1390. The molecule has 1 amide bonds. The number of pyridine rings is 1. The van der Waals surface area contributed by atoms with Gasteiger partial charge >= 0.3 is 0 Å². The highest BCUT2D eigenvalue weighted by Gasteiger charge is 2.45. The molecule has 2 unspecified atom stereocenters. The number of benzene rings is 2. The molecule has 6 rings (SSSR count). The van der Waals surface area contributed by atoms with Crippen molar-refractivity contribution in [1.29, 1.82) is 0 Å². The van der Waals surface area contributed by atoms with E-state index in [0.717, 1.165) is 43.5 Å². The van der Waals surface area contributed by atoms with E-state index in [0.29, 0.717) is 5.02 Å². The quantitative estimate of drug-likeness (QED) is 0.344. The van der Waals surface area contributed by atoms with Crippen LogP contribution in [0.1, 0.15) is 57.3 Å². The summed E-state index contributed by atoms with van der Waals surface area (Å²) in [5.74, 6) is 0.120. The summed E-state index contributed by atoms with van der Waals surface area (Å²) in [4.78, 5) is 20.2. The van der Waals surface area contributed by atoms with Crippen LogP contribution in [0.5, 0.6) is 0 Å². The van der Waals surface area contributed by atoms with Crippen molar-refractivity contribution in [3.63, 3.8) is 0 Å². The third-order valence-corrected chi connectivity index (χ3v) is 7.81. The van der Waals surface area contributed by atoms with Crippen LogP contribution in [0.2, 0.25) is 5.02 Å². The average molecular weight is 470 g/mol. The first kappa shape index (κ1) is 21.4. The normalized spacial score (nSPS) is 19.0. The summed E-state index contributed by atoms with van der Waals surface area (Å²) in [6.45, 7) is 5.09. The zero-order chi connectivity index (χ0) is 23.4. The van der Waals surface area contributed by atoms with Crippen LogP contribution in [-0.2, 0) is 19.4 Å². The van der Waals surface area contributed by atoms with Crippen molar-refractivity contribution in [2.24, 2.45) is 0 Å². The Morgan fingerprint density at radius 3 is 2.65 bits per heavy atom. The molecule has 2 aliphatic rings. The van der Waals surface area contributed by atoms with Gasteiger partial charge in [-0.15, -0.1) is 0 Å². The van der Waals surface area contributed by atoms with Gasteiger partial charge in [0.2, 0.25) is 0 Å². The van der Waals surface area contributed by atoms with Gasteiger partial charge in [-0.2, -0.15) is 0 Å². The first-order valence-electron chi connectivity index (χ1n) is 12.1. The monoisotopic (exact) mass is 469 g/mol. The highest BCUT2D eigenvalue weighted by atomic mass is 35.5. The Morgan fingerprint density at radius 1 is 1.06 bits per heavy atom. The summed E-state index contributed by atoms with van der Waals surface area (Å²) >= 11 is 6.07. The zero-order valence-corrected chi connectivity index (χ0v) is 20.3. The second kappa shape index (κ2) is 8.28. The van der Waals surface area contributed by atoms with Gasteiger partial charge in [0.15, 0.2) is 0 Å². The van der Waals surface area contributed by atoms with E-state index >= 15 is 0 Å². The number of carbonyl (C=O) groups excluding carboxylic acids is 1. The molecule has 4 aromatic rings. The number of aromatic nitrogens is 2. The third-order valence-electron chi connectivity index (χ3n) is 7.56. The number of aryl methyl sites for hydroxylation is 4. The summed E-state index contributed by atoms with van der Waals surface area (Å²) in [7, 11) is 0. The molecule has 1 fully saturated rings. The average Bonchev–Trinajstić information content (AvgIpc) is 3.31. The molecule has 0 saturated carbocycles. The van der Waals surface area contributed by atoms with Crippen LogP contribution in [0.15, 0.2) is 60.8 Å². The van der Waals surface area contributed by atoms with E-state index in [1.54, 1.807) is 12.1 Å². The van der Waals surface area contributed by atoms with Crippen molar-refractivity contribution in [2.75, 3.05) is 0 Å². The molecule has 2 aliphatic heterocycles. The van der Waals surface area contributed by atoms with E-state index in [9.17, 15) is 4.79 Å². The number of halogens is 1. The molecule has 5 heteroatoms. The SMILES string of the molecule is Cc1ccc2c(c1)c1c(n2CCc2ccc(C)nc2)CC2CCC1N2C(=O)c1ccc(Cl)cc1. The topological polar surface area (TPSA) is 38.1 Å². The molecule has 2 aromatic carbocycles. The lowest BCUT2D eigenvalue weighted by Gasteiger charge is -2.36. The molecule has 2 bridgehead atoms. The third kappa shape index (κ3) is 3.52. The second-order valence-electron chi connectivity index (χ2n) is 9.76. The second-order valence-corrected chi connectivity index (χ2v) is 10.2. The number of nitrogens with zero attached hydrogens (tertiary/aromatic N) is 3. The molecule has 4 heterocycles. The minimum absolute atomic E-state index is 0.120. The van der Waals surface area contributed by atoms with Crippen LogP contribution in [0, 0.1) is 13.8 Å². The fourth-order valence-corrected chi connectivity index (χ4v) is 6.05. The number of carbonyl (C=O) groups is 1. The smallest absolute Gasteiger partial charge is 0.254 e. The largest absolute Gasteiger partial charge is 0.344 e. The Labute approximate surface area is 205 Å². The number of amides is 1. The molecule has 0 N–H and O–H groups in total. The predicted octanol–water partition coefficient (Wildman–Crippen LogP) is 6.45. The maximum atomic E-state index is 13.6. The number of hydrogen-bond acceptors (Lipinski definition) is 2. The van der Waals surface area contributed by atoms with E-state index < -0.39 is 0 Å². The maximum Gasteiger partial charge on any atom is 0.254 e. The molecule has 4 nitrogen and oxygen atoms in total. The molecule has 2 atom stereocenters. The van der Waals surface area contributed by atoms with Gasteiger partial charge in [0.25, 0.3) is 5.91 Å². The Morgan fingerprint density at radius 2 is 1.88 bits per heavy atom. The van der Waals surface area contributed by atoms with Gasteiger partial charge in [0.05, 0.1) is 6.04 Å². The molecular formula is C29H28ClN3O. The minimum Gasteiger partial charge on any atom is -0.344 e. The Hall–Kier alpha value is -3.11. The van der Waals surface area contributed by atoms with Crippen molar-refractivity contribution in [3.8, 4) is 0 Å². The number of fused-ring (bicyclic) bond motifs is 6. The lowest BCUT2D eigenvalue weighted by Crippen LogP contribution is -2.42. The summed E-state index contributed by atoms with van der Waals surface area (Å²) in [5, 5.41) is 1.96. The molecule has 0 spiro atoms. The fourth-order valence-electron chi connectivity index (χ4n) is 5.92. The van der Waals surface area contributed by atoms with Crippen LogP contribution in [0.3, 0.4) is 0 Å². The van der Waals surface area contributed by atoms with Crippen molar-refractivity contribution in [3.05, 3.63) is 99.5 Å². The lowest BCUT2D eigenvalue weighted by molar-refractivity contribution is 0.0645. The van der Waals surface area contributed by atoms with Gasteiger partial charge in [-0.05, 0) is 81.1 Å². The molecule has 2 aromatic heterocycles. The maximum absolute atomic E-state index is 13.6. The summed E-state index contributed by atoms with van der Waals surface area (Å²) in [6, 6.07) is 18.7. The number of hydrogen-bond donors (Lipinski definition) is 0. The van der Waals surface area contributed by atoms with Gasteiger partial charge in [-0.3, -0.25) is 9.78 Å². The van der Waals surface area contributed by atoms with Crippen LogP contribution in [-0.4, -0.2) is 26.4 Å². The molecule has 0 radical (unpaired) electrons. The van der Waals surface area contributed by atoms with Crippen LogP contribution >= 0.6 is 11.6 Å². The zero-order valence-electron chi connectivity index (χ0n) is 19.6. The van der Waals surface area contributed by atoms with Crippen molar-refractivity contribution < 1.29 is 4.79 Å². The Kier molecular flexibility index (Phi) is 5.22. The van der Waals surface area contributed by atoms with Crippen LogP contribution in [0.25, 0.3) is 10.9 Å². The van der Waals surface area contributed by atoms with E-state index in [1.807, 2.05) is 25.3 Å². The predicted molar refractivity (Wildman–Crippen MR) is 136 cm³/mol. The van der Waals surface area contributed by atoms with Gasteiger partial charge in [-0.1, -0.05) is 29.3 Å². The first-order chi connectivity index (χ1) is 16.5. The summed E-state index contributed by atoms with van der Waals surface area (Å²) < 4.78 is 2.51. The minimum atomic E-state index is 0.120. The Balaban J connectivity index is 1.41. The van der Waals surface area contributed by atoms with Crippen LogP contribution < -0.4 is 0 Å². The summed E-state index contributed by atoms with van der Waals surface area (Å²) in [5.41, 5.74) is 8.33. The summed E-state index contributed by atoms with van der Waals surface area (Å²) in [6.07, 6.45) is 5.92. The fraction of sp³-hybridized carbons (Fsp3) is 0.310. The van der Waals surface area contributed by atoms with Crippen molar-refractivity contribution >= 4 is 28.4 Å².